The largest absolute Gasteiger partial charge is 0.497 e. The Hall–Kier alpha value is -2.83. The average molecular weight is 384 g/mol. The third kappa shape index (κ3) is 4.52. The van der Waals surface area contributed by atoms with E-state index in [1.54, 1.807) is 30.2 Å². The zero-order chi connectivity index (χ0) is 20.1. The van der Waals surface area contributed by atoms with Gasteiger partial charge in [0.1, 0.15) is 11.6 Å². The van der Waals surface area contributed by atoms with Gasteiger partial charge in [0.2, 0.25) is 11.8 Å². The van der Waals surface area contributed by atoms with Crippen molar-refractivity contribution >= 4 is 11.8 Å². The van der Waals surface area contributed by atoms with Gasteiger partial charge >= 0.3 is 0 Å². The predicted molar refractivity (Wildman–Crippen MR) is 106 cm³/mol. The third-order valence-electron chi connectivity index (χ3n) is 5.25. The van der Waals surface area contributed by atoms with Gasteiger partial charge in [0.25, 0.3) is 0 Å². The van der Waals surface area contributed by atoms with Crippen LogP contribution < -0.4 is 4.74 Å². The van der Waals surface area contributed by atoms with E-state index in [9.17, 15) is 9.59 Å². The van der Waals surface area contributed by atoms with Crippen LogP contribution in [0, 0.1) is 5.92 Å². The van der Waals surface area contributed by atoms with Crippen LogP contribution in [-0.2, 0) is 29.2 Å². The molecule has 1 atom stereocenters. The molecule has 0 saturated carbocycles. The number of likely N-dealkylation sites (tertiary alicyclic amines) is 1. The molecule has 0 bridgehead atoms. The van der Waals surface area contributed by atoms with Crippen LogP contribution in [0.3, 0.4) is 0 Å². The van der Waals surface area contributed by atoms with Gasteiger partial charge in [-0.05, 0) is 31.0 Å². The van der Waals surface area contributed by atoms with Crippen molar-refractivity contribution in [2.45, 2.75) is 39.4 Å². The van der Waals surface area contributed by atoms with Gasteiger partial charge in [-0.3, -0.25) is 9.59 Å². The van der Waals surface area contributed by atoms with Crippen LogP contribution in [0.5, 0.6) is 5.75 Å². The summed E-state index contributed by atoms with van der Waals surface area (Å²) in [5.41, 5.74) is 0.999. The lowest BCUT2D eigenvalue weighted by atomic mass is 9.95. The zero-order valence-corrected chi connectivity index (χ0v) is 16.8. The number of methoxy groups -OCH3 is 1. The third-order valence-corrected chi connectivity index (χ3v) is 5.25. The molecule has 2 heterocycles. The summed E-state index contributed by atoms with van der Waals surface area (Å²) in [5, 5.41) is 0. The molecule has 1 fully saturated rings. The van der Waals surface area contributed by atoms with Crippen molar-refractivity contribution in [2.24, 2.45) is 5.92 Å². The van der Waals surface area contributed by atoms with Crippen molar-refractivity contribution in [3.63, 3.8) is 0 Å². The lowest BCUT2D eigenvalue weighted by molar-refractivity contribution is -0.143. The molecular weight excluding hydrogens is 356 g/mol. The second-order valence-electron chi connectivity index (χ2n) is 7.19. The van der Waals surface area contributed by atoms with Gasteiger partial charge < -0.3 is 19.1 Å². The highest BCUT2D eigenvalue weighted by Crippen LogP contribution is 2.23. The van der Waals surface area contributed by atoms with E-state index in [1.807, 2.05) is 35.0 Å². The summed E-state index contributed by atoms with van der Waals surface area (Å²) >= 11 is 0. The topological polar surface area (TPSA) is 67.7 Å². The maximum atomic E-state index is 13.0. The molecule has 7 nitrogen and oxygen atoms in total. The second kappa shape index (κ2) is 8.91. The Morgan fingerprint density at radius 2 is 2.21 bits per heavy atom. The minimum Gasteiger partial charge on any atom is -0.497 e. The number of piperidine rings is 1. The second-order valence-corrected chi connectivity index (χ2v) is 7.19. The van der Waals surface area contributed by atoms with Gasteiger partial charge in [0.15, 0.2) is 0 Å². The average Bonchev–Trinajstić information content (AvgIpc) is 3.16. The molecule has 1 aromatic heterocycles. The monoisotopic (exact) mass is 384 g/mol. The van der Waals surface area contributed by atoms with Crippen LogP contribution >= 0.6 is 0 Å². The Bertz CT molecular complexity index is 833. The molecule has 0 unspecified atom stereocenters. The zero-order valence-electron chi connectivity index (χ0n) is 16.8. The maximum absolute atomic E-state index is 13.0. The number of ether oxygens (including phenoxy) is 1. The SMILES string of the molecule is CCn1ccnc1CN(C)C(=O)[C@@H]1CCC(=O)N(Cc2cccc(OC)c2)C1. The summed E-state index contributed by atoms with van der Waals surface area (Å²) < 4.78 is 7.29. The number of amides is 2. The quantitative estimate of drug-likeness (QED) is 0.735. The molecule has 1 aliphatic heterocycles. The fourth-order valence-corrected chi connectivity index (χ4v) is 3.64. The van der Waals surface area contributed by atoms with E-state index < -0.39 is 0 Å². The van der Waals surface area contributed by atoms with Crippen molar-refractivity contribution in [3.8, 4) is 5.75 Å². The number of aryl methyl sites for hydroxylation is 1. The Labute approximate surface area is 165 Å². The van der Waals surface area contributed by atoms with Gasteiger partial charge in [-0.2, -0.15) is 0 Å². The Morgan fingerprint density at radius 1 is 1.39 bits per heavy atom. The first-order valence-corrected chi connectivity index (χ1v) is 9.67. The fourth-order valence-electron chi connectivity index (χ4n) is 3.64. The number of carbonyl (C=O) groups is 2. The van der Waals surface area contributed by atoms with Crippen LogP contribution in [0.25, 0.3) is 0 Å². The molecule has 1 aromatic carbocycles. The molecule has 0 radical (unpaired) electrons. The number of hydrogen-bond acceptors (Lipinski definition) is 4. The molecular formula is C21H28N4O3. The van der Waals surface area contributed by atoms with Crippen molar-refractivity contribution in [1.29, 1.82) is 0 Å². The number of benzene rings is 1. The van der Waals surface area contributed by atoms with Crippen LogP contribution in [0.15, 0.2) is 36.7 Å². The van der Waals surface area contributed by atoms with E-state index in [0.717, 1.165) is 23.7 Å². The molecule has 0 spiro atoms. The Kier molecular flexibility index (Phi) is 6.34. The predicted octanol–water partition coefficient (Wildman–Crippen LogP) is 2.31. The van der Waals surface area contributed by atoms with Gasteiger partial charge in [0.05, 0.1) is 19.6 Å². The first-order chi connectivity index (χ1) is 13.5. The van der Waals surface area contributed by atoms with Crippen LogP contribution in [0.1, 0.15) is 31.2 Å². The van der Waals surface area contributed by atoms with Crippen molar-refractivity contribution in [1.82, 2.24) is 19.4 Å². The molecule has 7 heteroatoms. The summed E-state index contributed by atoms with van der Waals surface area (Å²) in [6.45, 7) is 4.28. The van der Waals surface area contributed by atoms with E-state index in [-0.39, 0.29) is 17.7 Å². The number of imidazole rings is 1. The molecule has 28 heavy (non-hydrogen) atoms. The highest BCUT2D eigenvalue weighted by molar-refractivity contribution is 5.83. The van der Waals surface area contributed by atoms with E-state index in [0.29, 0.717) is 32.5 Å². The van der Waals surface area contributed by atoms with Crippen molar-refractivity contribution in [3.05, 3.63) is 48.0 Å². The highest BCUT2D eigenvalue weighted by Gasteiger charge is 2.32. The number of nitrogens with zero attached hydrogens (tertiary/aromatic N) is 4. The van der Waals surface area contributed by atoms with Crippen LogP contribution in [0.2, 0.25) is 0 Å². The highest BCUT2D eigenvalue weighted by atomic mass is 16.5. The summed E-state index contributed by atoms with van der Waals surface area (Å²) in [6, 6.07) is 7.69. The minimum atomic E-state index is -0.182. The minimum absolute atomic E-state index is 0.0637. The summed E-state index contributed by atoms with van der Waals surface area (Å²) in [5.74, 6) is 1.61. The molecule has 1 saturated heterocycles. The number of aromatic nitrogens is 2. The molecule has 2 aromatic rings. The maximum Gasteiger partial charge on any atom is 0.227 e. The molecule has 150 valence electrons. The Morgan fingerprint density at radius 3 is 2.96 bits per heavy atom. The smallest absolute Gasteiger partial charge is 0.227 e. The fraction of sp³-hybridized carbons (Fsp3) is 0.476. The standard InChI is InChI=1S/C21H28N4O3/c1-4-24-11-10-22-19(24)15-23(2)21(27)17-8-9-20(26)25(14-17)13-16-6-5-7-18(12-16)28-3/h5-7,10-12,17H,4,8-9,13-15H2,1-3H3/t17-/m1/s1. The molecule has 3 rings (SSSR count). The van der Waals surface area contributed by atoms with Gasteiger partial charge in [0, 0.05) is 45.5 Å². The molecule has 0 aliphatic carbocycles. The van der Waals surface area contributed by atoms with Gasteiger partial charge in [-0.1, -0.05) is 12.1 Å². The van der Waals surface area contributed by atoms with E-state index in [2.05, 4.69) is 11.9 Å². The first-order valence-electron chi connectivity index (χ1n) is 9.67. The number of carbonyl (C=O) groups excluding carboxylic acids is 2. The number of hydrogen-bond donors (Lipinski definition) is 0. The van der Waals surface area contributed by atoms with E-state index >= 15 is 0 Å². The van der Waals surface area contributed by atoms with Crippen molar-refractivity contribution < 1.29 is 14.3 Å². The lowest BCUT2D eigenvalue weighted by Crippen LogP contribution is -2.45. The first kappa shape index (κ1) is 19.9. The summed E-state index contributed by atoms with van der Waals surface area (Å²) in [4.78, 5) is 33.2. The number of rotatable bonds is 7. The molecule has 1 aliphatic rings. The van der Waals surface area contributed by atoms with E-state index in [1.165, 1.54) is 0 Å². The molecule has 0 N–H and O–H groups in total. The summed E-state index contributed by atoms with van der Waals surface area (Å²) in [7, 11) is 3.43. The van der Waals surface area contributed by atoms with E-state index in [4.69, 9.17) is 4.74 Å². The van der Waals surface area contributed by atoms with Crippen molar-refractivity contribution in [2.75, 3.05) is 20.7 Å². The lowest BCUT2D eigenvalue weighted by Gasteiger charge is -2.34. The molecule has 2 amide bonds. The van der Waals surface area contributed by atoms with Gasteiger partial charge in [-0.25, -0.2) is 4.98 Å². The summed E-state index contributed by atoms with van der Waals surface area (Å²) in [6.07, 6.45) is 4.67. The Balaban J connectivity index is 1.64. The van der Waals surface area contributed by atoms with Gasteiger partial charge in [-0.15, -0.1) is 0 Å². The van der Waals surface area contributed by atoms with Crippen LogP contribution in [-0.4, -0.2) is 51.9 Å². The van der Waals surface area contributed by atoms with Crippen LogP contribution in [0.4, 0.5) is 0 Å². The normalized spacial score (nSPS) is 16.9.